The van der Waals surface area contributed by atoms with Crippen molar-refractivity contribution in [3.8, 4) is 18.4 Å². The third-order valence-electron chi connectivity index (χ3n) is 2.39. The SMILES string of the molecule is C#CC[C@@H](NC(=O)c1ccc(C#N)cc1)C(=O)OC. The van der Waals surface area contributed by atoms with E-state index in [1.54, 1.807) is 0 Å². The molecule has 0 heterocycles. The number of hydrogen-bond acceptors (Lipinski definition) is 4. The topological polar surface area (TPSA) is 79.2 Å². The van der Waals surface area contributed by atoms with Crippen LogP contribution < -0.4 is 5.32 Å². The number of terminal acetylenes is 1. The molecule has 0 aromatic heterocycles. The van der Waals surface area contributed by atoms with Gasteiger partial charge in [-0.05, 0) is 24.3 Å². The van der Waals surface area contributed by atoms with E-state index >= 15 is 0 Å². The van der Waals surface area contributed by atoms with E-state index in [-0.39, 0.29) is 6.42 Å². The summed E-state index contributed by atoms with van der Waals surface area (Å²) in [7, 11) is 1.22. The summed E-state index contributed by atoms with van der Waals surface area (Å²) in [5.41, 5.74) is 0.787. The molecular formula is C14H12N2O3. The van der Waals surface area contributed by atoms with E-state index in [2.05, 4.69) is 16.0 Å². The molecule has 1 amide bonds. The molecule has 1 rings (SSSR count). The van der Waals surface area contributed by atoms with Crippen LogP contribution in [0.25, 0.3) is 0 Å². The minimum Gasteiger partial charge on any atom is -0.467 e. The van der Waals surface area contributed by atoms with Gasteiger partial charge in [-0.15, -0.1) is 12.3 Å². The van der Waals surface area contributed by atoms with Gasteiger partial charge >= 0.3 is 5.97 Å². The first-order chi connectivity index (χ1) is 9.12. The molecule has 1 aromatic carbocycles. The molecule has 0 saturated heterocycles. The van der Waals surface area contributed by atoms with Gasteiger partial charge in [-0.2, -0.15) is 5.26 Å². The van der Waals surface area contributed by atoms with Crippen LogP contribution in [0.4, 0.5) is 0 Å². The van der Waals surface area contributed by atoms with E-state index in [0.717, 1.165) is 0 Å². The van der Waals surface area contributed by atoms with E-state index < -0.39 is 17.9 Å². The highest BCUT2D eigenvalue weighted by Gasteiger charge is 2.20. The number of nitriles is 1. The van der Waals surface area contributed by atoms with Crippen molar-refractivity contribution in [2.45, 2.75) is 12.5 Å². The van der Waals surface area contributed by atoms with Gasteiger partial charge in [0.1, 0.15) is 6.04 Å². The van der Waals surface area contributed by atoms with Gasteiger partial charge in [0.2, 0.25) is 0 Å². The summed E-state index contributed by atoms with van der Waals surface area (Å²) in [5.74, 6) is 1.25. The lowest BCUT2D eigenvalue weighted by Crippen LogP contribution is -2.41. The zero-order valence-corrected chi connectivity index (χ0v) is 10.3. The number of hydrogen-bond donors (Lipinski definition) is 1. The summed E-state index contributed by atoms with van der Waals surface area (Å²) in [5, 5.41) is 11.1. The van der Waals surface area contributed by atoms with Gasteiger partial charge < -0.3 is 10.1 Å². The fourth-order valence-corrected chi connectivity index (χ4v) is 1.39. The number of rotatable bonds is 4. The summed E-state index contributed by atoms with van der Waals surface area (Å²) < 4.78 is 4.55. The summed E-state index contributed by atoms with van der Waals surface area (Å²) >= 11 is 0. The highest BCUT2D eigenvalue weighted by molar-refractivity contribution is 5.96. The van der Waals surface area contributed by atoms with Crippen LogP contribution in [0.3, 0.4) is 0 Å². The van der Waals surface area contributed by atoms with Crippen LogP contribution in [0, 0.1) is 23.7 Å². The normalized spacial score (nSPS) is 10.7. The molecular weight excluding hydrogens is 244 g/mol. The Bertz CT molecular complexity index is 550. The molecule has 0 radical (unpaired) electrons. The second kappa shape index (κ2) is 6.83. The Labute approximate surface area is 111 Å². The van der Waals surface area contributed by atoms with Crippen LogP contribution in [0.2, 0.25) is 0 Å². The number of carbonyl (C=O) groups is 2. The number of nitrogens with zero attached hydrogens (tertiary/aromatic N) is 1. The molecule has 0 aliphatic heterocycles. The molecule has 5 nitrogen and oxygen atoms in total. The molecule has 0 saturated carbocycles. The molecule has 0 bridgehead atoms. The highest BCUT2D eigenvalue weighted by Crippen LogP contribution is 2.04. The van der Waals surface area contributed by atoms with Crippen LogP contribution in [-0.2, 0) is 9.53 Å². The summed E-state index contributed by atoms with van der Waals surface area (Å²) in [6.07, 6.45) is 5.18. The van der Waals surface area contributed by atoms with Gasteiger partial charge in [-0.25, -0.2) is 4.79 Å². The van der Waals surface area contributed by atoms with Crippen LogP contribution in [0.5, 0.6) is 0 Å². The fraction of sp³-hybridized carbons (Fsp3) is 0.214. The molecule has 1 aromatic rings. The zero-order chi connectivity index (χ0) is 14.3. The number of amides is 1. The van der Waals surface area contributed by atoms with Crippen molar-refractivity contribution in [1.29, 1.82) is 5.26 Å². The number of methoxy groups -OCH3 is 1. The summed E-state index contributed by atoms with van der Waals surface area (Å²) in [6.45, 7) is 0. The maximum absolute atomic E-state index is 11.9. The van der Waals surface area contributed by atoms with Gasteiger partial charge in [-0.1, -0.05) is 0 Å². The summed E-state index contributed by atoms with van der Waals surface area (Å²) in [4.78, 5) is 23.3. The Morgan fingerprint density at radius 2 is 2.05 bits per heavy atom. The lowest BCUT2D eigenvalue weighted by Gasteiger charge is -2.13. The molecule has 0 aliphatic carbocycles. The molecule has 1 N–H and O–H groups in total. The van der Waals surface area contributed by atoms with Gasteiger partial charge in [0.05, 0.1) is 18.7 Å². The Balaban J connectivity index is 2.79. The van der Waals surface area contributed by atoms with Crippen molar-refractivity contribution in [2.24, 2.45) is 0 Å². The van der Waals surface area contributed by atoms with Gasteiger partial charge in [0.25, 0.3) is 5.91 Å². The van der Waals surface area contributed by atoms with Crippen LogP contribution in [0.1, 0.15) is 22.3 Å². The van der Waals surface area contributed by atoms with Crippen LogP contribution in [-0.4, -0.2) is 25.0 Å². The smallest absolute Gasteiger partial charge is 0.329 e. The minimum atomic E-state index is -0.877. The maximum Gasteiger partial charge on any atom is 0.329 e. The van der Waals surface area contributed by atoms with Crippen LogP contribution in [0.15, 0.2) is 24.3 Å². The number of nitrogens with one attached hydrogen (secondary N) is 1. The van der Waals surface area contributed by atoms with E-state index in [9.17, 15) is 9.59 Å². The quantitative estimate of drug-likeness (QED) is 0.640. The van der Waals surface area contributed by atoms with Crippen LogP contribution >= 0.6 is 0 Å². The van der Waals surface area contributed by atoms with Gasteiger partial charge in [0.15, 0.2) is 0 Å². The minimum absolute atomic E-state index is 0.0503. The van der Waals surface area contributed by atoms with Crippen molar-refractivity contribution >= 4 is 11.9 Å². The Morgan fingerprint density at radius 3 is 2.53 bits per heavy atom. The Morgan fingerprint density at radius 1 is 1.42 bits per heavy atom. The second-order valence-electron chi connectivity index (χ2n) is 3.65. The fourth-order valence-electron chi connectivity index (χ4n) is 1.39. The molecule has 0 fully saturated rings. The van der Waals surface area contributed by atoms with Gasteiger partial charge in [0, 0.05) is 12.0 Å². The van der Waals surface area contributed by atoms with Crippen molar-refractivity contribution < 1.29 is 14.3 Å². The van der Waals surface area contributed by atoms with E-state index in [1.807, 2.05) is 6.07 Å². The predicted octanol–water partition coefficient (Wildman–Crippen LogP) is 0.853. The predicted molar refractivity (Wildman–Crippen MR) is 67.9 cm³/mol. The third-order valence-corrected chi connectivity index (χ3v) is 2.39. The molecule has 5 heteroatoms. The van der Waals surface area contributed by atoms with E-state index in [4.69, 9.17) is 11.7 Å². The first kappa shape index (κ1) is 14.3. The molecule has 0 aliphatic rings. The van der Waals surface area contributed by atoms with E-state index in [0.29, 0.717) is 11.1 Å². The van der Waals surface area contributed by atoms with E-state index in [1.165, 1.54) is 31.4 Å². The maximum atomic E-state index is 11.9. The number of esters is 1. The van der Waals surface area contributed by atoms with Crippen molar-refractivity contribution in [3.05, 3.63) is 35.4 Å². The third kappa shape index (κ3) is 3.86. The number of benzene rings is 1. The average Bonchev–Trinajstić information content (AvgIpc) is 2.46. The second-order valence-corrected chi connectivity index (χ2v) is 3.65. The Hall–Kier alpha value is -2.79. The van der Waals surface area contributed by atoms with Gasteiger partial charge in [-0.3, -0.25) is 4.79 Å². The lowest BCUT2D eigenvalue weighted by molar-refractivity contribution is -0.142. The number of ether oxygens (including phenoxy) is 1. The van der Waals surface area contributed by atoms with Crippen molar-refractivity contribution in [2.75, 3.05) is 7.11 Å². The largest absolute Gasteiger partial charge is 0.467 e. The molecule has 0 spiro atoms. The monoisotopic (exact) mass is 256 g/mol. The van der Waals surface area contributed by atoms with Crippen molar-refractivity contribution in [1.82, 2.24) is 5.32 Å². The average molecular weight is 256 g/mol. The molecule has 1 atom stereocenters. The van der Waals surface area contributed by atoms with Crippen molar-refractivity contribution in [3.63, 3.8) is 0 Å². The highest BCUT2D eigenvalue weighted by atomic mass is 16.5. The number of carbonyl (C=O) groups excluding carboxylic acids is 2. The Kier molecular flexibility index (Phi) is 5.13. The molecule has 19 heavy (non-hydrogen) atoms. The standard InChI is InChI=1S/C14H12N2O3/c1-3-4-12(14(18)19-2)16-13(17)11-7-5-10(9-15)6-8-11/h1,5-8,12H,4H2,2H3,(H,16,17)/t12-/m1/s1. The molecule has 0 unspecified atom stereocenters. The first-order valence-corrected chi connectivity index (χ1v) is 5.44. The molecule has 96 valence electrons. The zero-order valence-electron chi connectivity index (χ0n) is 10.3. The lowest BCUT2D eigenvalue weighted by atomic mass is 10.1. The summed E-state index contributed by atoms with van der Waals surface area (Å²) in [6, 6.07) is 7.10. The first-order valence-electron chi connectivity index (χ1n) is 5.44.